The lowest BCUT2D eigenvalue weighted by Gasteiger charge is -2.09. The van der Waals surface area contributed by atoms with Crippen LogP contribution in [0.5, 0.6) is 5.88 Å². The SMILES string of the molecule is CC(C)c1nc(OCCC(F)(F)F)cc(=O)[nH]1. The van der Waals surface area contributed by atoms with E-state index in [1.807, 2.05) is 0 Å². The molecule has 0 fully saturated rings. The average Bonchev–Trinajstić information content (AvgIpc) is 2.14. The highest BCUT2D eigenvalue weighted by Gasteiger charge is 2.27. The molecule has 0 aliphatic rings. The normalized spacial score (nSPS) is 11.9. The van der Waals surface area contributed by atoms with Crippen LogP contribution in [-0.4, -0.2) is 22.8 Å². The molecule has 4 nitrogen and oxygen atoms in total. The summed E-state index contributed by atoms with van der Waals surface area (Å²) in [5.74, 6) is 0.273. The fraction of sp³-hybridized carbons (Fsp3) is 0.600. The van der Waals surface area contributed by atoms with E-state index in [0.717, 1.165) is 6.07 Å². The fourth-order valence-electron chi connectivity index (χ4n) is 1.07. The van der Waals surface area contributed by atoms with E-state index in [1.165, 1.54) is 0 Å². The van der Waals surface area contributed by atoms with Crippen molar-refractivity contribution in [1.29, 1.82) is 0 Å². The Balaban J connectivity index is 2.68. The highest BCUT2D eigenvalue weighted by Crippen LogP contribution is 2.19. The molecule has 1 heterocycles. The van der Waals surface area contributed by atoms with Gasteiger partial charge in [0.05, 0.1) is 19.1 Å². The Bertz CT molecular complexity index is 426. The topological polar surface area (TPSA) is 55.0 Å². The van der Waals surface area contributed by atoms with Gasteiger partial charge < -0.3 is 9.72 Å². The number of aromatic amines is 1. The maximum atomic E-state index is 11.9. The maximum Gasteiger partial charge on any atom is 0.392 e. The Morgan fingerprint density at radius 2 is 2.12 bits per heavy atom. The van der Waals surface area contributed by atoms with Gasteiger partial charge in [0, 0.05) is 5.92 Å². The first kappa shape index (κ1) is 13.5. The summed E-state index contributed by atoms with van der Waals surface area (Å²) < 4.78 is 40.4. The number of alkyl halides is 3. The molecule has 7 heteroatoms. The van der Waals surface area contributed by atoms with Gasteiger partial charge in [0.1, 0.15) is 5.82 Å². The first-order valence-electron chi connectivity index (χ1n) is 5.09. The van der Waals surface area contributed by atoms with Crippen molar-refractivity contribution in [3.05, 3.63) is 22.2 Å². The second-order valence-electron chi connectivity index (χ2n) is 3.84. The van der Waals surface area contributed by atoms with Gasteiger partial charge in [-0.3, -0.25) is 4.79 Å². The number of nitrogens with zero attached hydrogens (tertiary/aromatic N) is 1. The molecule has 0 aliphatic carbocycles. The van der Waals surface area contributed by atoms with Crippen molar-refractivity contribution in [1.82, 2.24) is 9.97 Å². The lowest BCUT2D eigenvalue weighted by atomic mass is 10.2. The molecular weight excluding hydrogens is 237 g/mol. The van der Waals surface area contributed by atoms with Crippen LogP contribution in [0.4, 0.5) is 13.2 Å². The zero-order chi connectivity index (χ0) is 13.1. The van der Waals surface area contributed by atoms with Crippen LogP contribution in [0, 0.1) is 0 Å². The Morgan fingerprint density at radius 3 is 2.65 bits per heavy atom. The van der Waals surface area contributed by atoms with Crippen LogP contribution >= 0.6 is 0 Å². The van der Waals surface area contributed by atoms with E-state index in [1.54, 1.807) is 13.8 Å². The van der Waals surface area contributed by atoms with Crippen LogP contribution in [0.25, 0.3) is 0 Å². The van der Waals surface area contributed by atoms with Gasteiger partial charge in [-0.05, 0) is 0 Å². The van der Waals surface area contributed by atoms with Gasteiger partial charge in [0.15, 0.2) is 0 Å². The minimum atomic E-state index is -4.28. The van der Waals surface area contributed by atoms with Crippen molar-refractivity contribution in [2.24, 2.45) is 0 Å². The average molecular weight is 250 g/mol. The number of ether oxygens (including phenoxy) is 1. The number of rotatable bonds is 4. The maximum absolute atomic E-state index is 11.9. The predicted molar refractivity (Wildman–Crippen MR) is 55.1 cm³/mol. The summed E-state index contributed by atoms with van der Waals surface area (Å²) in [4.78, 5) is 17.6. The number of hydrogen-bond donors (Lipinski definition) is 1. The third-order valence-electron chi connectivity index (χ3n) is 1.92. The molecule has 96 valence electrons. The van der Waals surface area contributed by atoms with Crippen LogP contribution in [-0.2, 0) is 0 Å². The molecule has 0 bridgehead atoms. The van der Waals surface area contributed by atoms with Gasteiger partial charge >= 0.3 is 6.18 Å². The van der Waals surface area contributed by atoms with E-state index in [4.69, 9.17) is 4.74 Å². The Morgan fingerprint density at radius 1 is 1.47 bits per heavy atom. The number of hydrogen-bond acceptors (Lipinski definition) is 3. The third kappa shape index (κ3) is 4.88. The van der Waals surface area contributed by atoms with Crippen molar-refractivity contribution in [2.75, 3.05) is 6.61 Å². The molecule has 0 atom stereocenters. The standard InChI is InChI=1S/C10H13F3N2O2/c1-6(2)9-14-7(16)5-8(15-9)17-4-3-10(11,12)13/h5-6H,3-4H2,1-2H3,(H,14,15,16). The quantitative estimate of drug-likeness (QED) is 0.891. The summed E-state index contributed by atoms with van der Waals surface area (Å²) in [6, 6.07) is 1.03. The molecule has 0 saturated heterocycles. The minimum absolute atomic E-state index is 0.0335. The van der Waals surface area contributed by atoms with Crippen LogP contribution in [0.2, 0.25) is 0 Å². The predicted octanol–water partition coefficient (Wildman–Crippen LogP) is 2.22. The second kappa shape index (κ2) is 5.20. The molecule has 17 heavy (non-hydrogen) atoms. The highest BCUT2D eigenvalue weighted by atomic mass is 19.4. The van der Waals surface area contributed by atoms with Crippen LogP contribution in [0.1, 0.15) is 32.0 Å². The Labute approximate surface area is 95.8 Å². The van der Waals surface area contributed by atoms with E-state index in [-0.39, 0.29) is 11.8 Å². The smallest absolute Gasteiger partial charge is 0.392 e. The van der Waals surface area contributed by atoms with Crippen LogP contribution < -0.4 is 10.3 Å². The van der Waals surface area contributed by atoms with Crippen LogP contribution in [0.15, 0.2) is 10.9 Å². The summed E-state index contributed by atoms with van der Waals surface area (Å²) in [7, 11) is 0. The van der Waals surface area contributed by atoms with Crippen molar-refractivity contribution in [2.45, 2.75) is 32.4 Å². The lowest BCUT2D eigenvalue weighted by molar-refractivity contribution is -0.139. The van der Waals surface area contributed by atoms with Crippen molar-refractivity contribution in [3.8, 4) is 5.88 Å². The summed E-state index contributed by atoms with van der Waals surface area (Å²) in [5.41, 5.74) is -0.439. The summed E-state index contributed by atoms with van der Waals surface area (Å²) in [5, 5.41) is 0. The molecule has 1 aromatic rings. The highest BCUT2D eigenvalue weighted by molar-refractivity contribution is 5.10. The zero-order valence-electron chi connectivity index (χ0n) is 9.47. The molecular formula is C10H13F3N2O2. The van der Waals surface area contributed by atoms with E-state index in [2.05, 4.69) is 9.97 Å². The lowest BCUT2D eigenvalue weighted by Crippen LogP contribution is -2.16. The number of halogens is 3. The number of nitrogens with one attached hydrogen (secondary N) is 1. The summed E-state index contributed by atoms with van der Waals surface area (Å²) >= 11 is 0. The molecule has 1 N–H and O–H groups in total. The minimum Gasteiger partial charge on any atom is -0.477 e. The monoisotopic (exact) mass is 250 g/mol. The van der Waals surface area contributed by atoms with Crippen molar-refractivity contribution < 1.29 is 17.9 Å². The first-order chi connectivity index (χ1) is 7.78. The molecule has 0 amide bonds. The van der Waals surface area contributed by atoms with Gasteiger partial charge in [-0.15, -0.1) is 0 Å². The molecule has 0 radical (unpaired) electrons. The second-order valence-corrected chi connectivity index (χ2v) is 3.84. The molecule has 0 aliphatic heterocycles. The molecule has 1 aromatic heterocycles. The van der Waals surface area contributed by atoms with Gasteiger partial charge in [0.25, 0.3) is 5.56 Å². The first-order valence-corrected chi connectivity index (χ1v) is 5.09. The van der Waals surface area contributed by atoms with Crippen LogP contribution in [0.3, 0.4) is 0 Å². The van der Waals surface area contributed by atoms with Crippen molar-refractivity contribution >= 4 is 0 Å². The van der Waals surface area contributed by atoms with E-state index >= 15 is 0 Å². The molecule has 1 rings (SSSR count). The summed E-state index contributed by atoms with van der Waals surface area (Å²) in [6.45, 7) is 3.06. The molecule has 0 saturated carbocycles. The number of aromatic nitrogens is 2. The van der Waals surface area contributed by atoms with E-state index < -0.39 is 24.8 Å². The molecule has 0 unspecified atom stereocenters. The molecule has 0 spiro atoms. The van der Waals surface area contributed by atoms with E-state index in [9.17, 15) is 18.0 Å². The Kier molecular flexibility index (Phi) is 4.14. The van der Waals surface area contributed by atoms with Crippen molar-refractivity contribution in [3.63, 3.8) is 0 Å². The van der Waals surface area contributed by atoms with Gasteiger partial charge in [-0.25, -0.2) is 0 Å². The van der Waals surface area contributed by atoms with E-state index in [0.29, 0.717) is 5.82 Å². The van der Waals surface area contributed by atoms with Gasteiger partial charge in [0.2, 0.25) is 5.88 Å². The molecule has 0 aromatic carbocycles. The van der Waals surface area contributed by atoms with Gasteiger partial charge in [-0.1, -0.05) is 13.8 Å². The third-order valence-corrected chi connectivity index (χ3v) is 1.92. The summed E-state index contributed by atoms with van der Waals surface area (Å²) in [6.07, 6.45) is -5.35. The van der Waals surface area contributed by atoms with Gasteiger partial charge in [-0.2, -0.15) is 18.2 Å². The zero-order valence-corrected chi connectivity index (χ0v) is 9.47. The number of H-pyrrole nitrogens is 1. The Hall–Kier alpha value is -1.53. The largest absolute Gasteiger partial charge is 0.477 e. The fourth-order valence-corrected chi connectivity index (χ4v) is 1.07.